The van der Waals surface area contributed by atoms with E-state index in [1.165, 1.54) is 12.1 Å². The van der Waals surface area contributed by atoms with Crippen LogP contribution in [0.2, 0.25) is 0 Å². The molecule has 1 aromatic carbocycles. The summed E-state index contributed by atoms with van der Waals surface area (Å²) in [5, 5.41) is 22.3. The van der Waals surface area contributed by atoms with Crippen molar-refractivity contribution in [2.75, 3.05) is 0 Å². The number of rotatable bonds is 5. The first-order chi connectivity index (χ1) is 10.5. The molecule has 126 valence electrons. The Labute approximate surface area is 141 Å². The van der Waals surface area contributed by atoms with Crippen molar-refractivity contribution in [1.29, 1.82) is 0 Å². The van der Waals surface area contributed by atoms with Gasteiger partial charge in [-0.05, 0) is 48.3 Å². The minimum Gasteiger partial charge on any atom is -0.480 e. The molecule has 0 spiro atoms. The number of aliphatic carboxylic acids is 1. The van der Waals surface area contributed by atoms with Crippen molar-refractivity contribution in [2.45, 2.75) is 38.8 Å². The Hall–Kier alpha value is -2.16. The van der Waals surface area contributed by atoms with E-state index in [-0.39, 0.29) is 12.1 Å². The smallest absolute Gasteiger partial charge is 0.408 e. The van der Waals surface area contributed by atoms with E-state index in [9.17, 15) is 24.8 Å². The SMILES string of the molecule is CC(C)(C)OC(=O)NC(Cc1ccc(Br)c([N+](=O)[O-])c1)C(=O)O. The van der Waals surface area contributed by atoms with Gasteiger partial charge in [-0.3, -0.25) is 10.1 Å². The second-order valence-electron chi connectivity index (χ2n) is 5.78. The summed E-state index contributed by atoms with van der Waals surface area (Å²) >= 11 is 3.05. The van der Waals surface area contributed by atoms with Gasteiger partial charge in [0.2, 0.25) is 0 Å². The maximum Gasteiger partial charge on any atom is 0.408 e. The molecule has 1 atom stereocenters. The minimum absolute atomic E-state index is 0.108. The summed E-state index contributed by atoms with van der Waals surface area (Å²) in [6, 6.07) is 3.01. The molecule has 1 unspecified atom stereocenters. The Morgan fingerprint density at radius 1 is 1.43 bits per heavy atom. The monoisotopic (exact) mass is 388 g/mol. The third-order valence-corrected chi connectivity index (χ3v) is 3.31. The van der Waals surface area contributed by atoms with Gasteiger partial charge in [-0.25, -0.2) is 9.59 Å². The highest BCUT2D eigenvalue weighted by atomic mass is 79.9. The largest absolute Gasteiger partial charge is 0.480 e. The van der Waals surface area contributed by atoms with E-state index in [2.05, 4.69) is 21.2 Å². The number of carboxylic acid groups (broad SMARTS) is 1. The zero-order valence-electron chi connectivity index (χ0n) is 12.8. The van der Waals surface area contributed by atoms with Gasteiger partial charge in [-0.15, -0.1) is 0 Å². The molecule has 1 aromatic rings. The number of nitro benzene ring substituents is 1. The Balaban J connectivity index is 2.89. The zero-order valence-corrected chi connectivity index (χ0v) is 14.4. The third-order valence-electron chi connectivity index (χ3n) is 2.64. The summed E-state index contributed by atoms with van der Waals surface area (Å²) in [5.74, 6) is -1.26. The van der Waals surface area contributed by atoms with Crippen LogP contribution in [-0.2, 0) is 16.0 Å². The normalized spacial score (nSPS) is 12.3. The highest BCUT2D eigenvalue weighted by Crippen LogP contribution is 2.26. The number of hydrogen-bond acceptors (Lipinski definition) is 5. The Morgan fingerprint density at radius 2 is 2.04 bits per heavy atom. The average molecular weight is 389 g/mol. The molecule has 8 nitrogen and oxygen atoms in total. The number of carboxylic acids is 1. The summed E-state index contributed by atoms with van der Waals surface area (Å²) in [6.07, 6.45) is -0.973. The molecule has 2 N–H and O–H groups in total. The van der Waals surface area contributed by atoms with Crippen molar-refractivity contribution in [1.82, 2.24) is 5.32 Å². The molecule has 0 radical (unpaired) electrons. The number of nitrogens with one attached hydrogen (secondary N) is 1. The van der Waals surface area contributed by atoms with Crippen LogP contribution in [0.15, 0.2) is 22.7 Å². The highest BCUT2D eigenvalue weighted by molar-refractivity contribution is 9.10. The van der Waals surface area contributed by atoms with Crippen molar-refractivity contribution in [3.05, 3.63) is 38.3 Å². The van der Waals surface area contributed by atoms with Crippen LogP contribution in [-0.4, -0.2) is 33.7 Å². The molecule has 23 heavy (non-hydrogen) atoms. The minimum atomic E-state index is -1.26. The number of halogens is 1. The zero-order chi connectivity index (χ0) is 17.8. The highest BCUT2D eigenvalue weighted by Gasteiger charge is 2.25. The molecule has 0 aliphatic heterocycles. The van der Waals surface area contributed by atoms with Crippen LogP contribution in [0.25, 0.3) is 0 Å². The molecule has 0 aromatic heterocycles. The molecule has 0 aliphatic carbocycles. The van der Waals surface area contributed by atoms with Crippen molar-refractivity contribution in [2.24, 2.45) is 0 Å². The van der Waals surface area contributed by atoms with Crippen LogP contribution in [0.5, 0.6) is 0 Å². The van der Waals surface area contributed by atoms with E-state index in [0.29, 0.717) is 10.0 Å². The maximum atomic E-state index is 11.7. The predicted molar refractivity (Wildman–Crippen MR) is 85.3 cm³/mol. The summed E-state index contributed by atoms with van der Waals surface area (Å²) in [4.78, 5) is 33.3. The molecular weight excluding hydrogens is 372 g/mol. The van der Waals surface area contributed by atoms with Gasteiger partial charge in [-0.2, -0.15) is 0 Å². The van der Waals surface area contributed by atoms with E-state index >= 15 is 0 Å². The first-order valence-electron chi connectivity index (χ1n) is 6.65. The van der Waals surface area contributed by atoms with Gasteiger partial charge < -0.3 is 15.2 Å². The lowest BCUT2D eigenvalue weighted by Crippen LogP contribution is -2.44. The Kier molecular flexibility index (Phi) is 6.08. The molecule has 0 aliphatic rings. The van der Waals surface area contributed by atoms with Crippen molar-refractivity contribution in [3.8, 4) is 0 Å². The Morgan fingerprint density at radius 3 is 2.52 bits per heavy atom. The third kappa shape index (κ3) is 6.23. The topological polar surface area (TPSA) is 119 Å². The van der Waals surface area contributed by atoms with Gasteiger partial charge in [0.1, 0.15) is 11.6 Å². The van der Waals surface area contributed by atoms with Crippen LogP contribution in [0, 0.1) is 10.1 Å². The van der Waals surface area contributed by atoms with Crippen molar-refractivity contribution >= 4 is 33.7 Å². The number of nitrogens with zero attached hydrogens (tertiary/aromatic N) is 1. The number of carbonyl (C=O) groups excluding carboxylic acids is 1. The lowest BCUT2D eigenvalue weighted by molar-refractivity contribution is -0.385. The molecule has 9 heteroatoms. The number of amides is 1. The van der Waals surface area contributed by atoms with Crippen LogP contribution in [0.1, 0.15) is 26.3 Å². The fraction of sp³-hybridized carbons (Fsp3) is 0.429. The molecule has 1 rings (SSSR count). The van der Waals surface area contributed by atoms with E-state index in [0.717, 1.165) is 0 Å². The first-order valence-corrected chi connectivity index (χ1v) is 7.44. The van der Waals surface area contributed by atoms with Gasteiger partial charge in [-0.1, -0.05) is 6.07 Å². The number of nitro groups is 1. The van der Waals surface area contributed by atoms with Gasteiger partial charge in [0.05, 0.1) is 9.40 Å². The average Bonchev–Trinajstić information content (AvgIpc) is 2.37. The molecule has 0 saturated heterocycles. The van der Waals surface area contributed by atoms with Gasteiger partial charge in [0, 0.05) is 12.5 Å². The van der Waals surface area contributed by atoms with Gasteiger partial charge >= 0.3 is 12.1 Å². The summed E-state index contributed by atoms with van der Waals surface area (Å²) < 4.78 is 5.30. The number of carbonyl (C=O) groups is 2. The van der Waals surface area contributed by atoms with Gasteiger partial charge in [0.25, 0.3) is 5.69 Å². The maximum absolute atomic E-state index is 11.7. The van der Waals surface area contributed by atoms with E-state index in [1.54, 1.807) is 26.8 Å². The molecule has 0 fully saturated rings. The van der Waals surface area contributed by atoms with Crippen molar-refractivity contribution < 1.29 is 24.4 Å². The van der Waals surface area contributed by atoms with Crippen LogP contribution in [0.4, 0.5) is 10.5 Å². The van der Waals surface area contributed by atoms with Crippen LogP contribution < -0.4 is 5.32 Å². The standard InChI is InChI=1S/C14H17BrN2O6/c1-14(2,3)23-13(20)16-10(12(18)19)6-8-4-5-9(15)11(7-8)17(21)22/h4-5,7,10H,6H2,1-3H3,(H,16,20)(H,18,19). The predicted octanol–water partition coefficient (Wildman–Crippen LogP) is 2.88. The number of benzene rings is 1. The second kappa shape index (κ2) is 7.40. The van der Waals surface area contributed by atoms with Crippen LogP contribution >= 0.6 is 15.9 Å². The molecule has 0 heterocycles. The summed E-state index contributed by atoms with van der Waals surface area (Å²) in [5.41, 5.74) is -0.531. The van der Waals surface area contributed by atoms with Gasteiger partial charge in [0.15, 0.2) is 0 Å². The number of alkyl carbamates (subject to hydrolysis) is 1. The number of hydrogen-bond donors (Lipinski definition) is 2. The van der Waals surface area contributed by atoms with Crippen LogP contribution in [0.3, 0.4) is 0 Å². The first kappa shape index (κ1) is 18.9. The lowest BCUT2D eigenvalue weighted by Gasteiger charge is -2.22. The van der Waals surface area contributed by atoms with E-state index in [4.69, 9.17) is 4.74 Å². The summed E-state index contributed by atoms with van der Waals surface area (Å²) in [7, 11) is 0. The quantitative estimate of drug-likeness (QED) is 0.591. The second-order valence-corrected chi connectivity index (χ2v) is 6.64. The Bertz CT molecular complexity index is 626. The number of ether oxygens (including phenoxy) is 1. The lowest BCUT2D eigenvalue weighted by atomic mass is 10.1. The van der Waals surface area contributed by atoms with E-state index in [1.807, 2.05) is 0 Å². The summed E-state index contributed by atoms with van der Waals surface area (Å²) in [6.45, 7) is 4.96. The fourth-order valence-electron chi connectivity index (χ4n) is 1.71. The molecule has 0 bridgehead atoms. The molecule has 0 saturated carbocycles. The fourth-order valence-corrected chi connectivity index (χ4v) is 2.10. The van der Waals surface area contributed by atoms with E-state index < -0.39 is 28.6 Å². The van der Waals surface area contributed by atoms with Crippen molar-refractivity contribution in [3.63, 3.8) is 0 Å². The molecule has 1 amide bonds. The molecular formula is C14H17BrN2O6.